The third-order valence-electron chi connectivity index (χ3n) is 2.91. The molecule has 1 fully saturated rings. The Morgan fingerprint density at radius 3 is 2.71 bits per heavy atom. The van der Waals surface area contributed by atoms with Crippen LogP contribution < -0.4 is 11.2 Å². The minimum absolute atomic E-state index is 0.0876. The third-order valence-corrected chi connectivity index (χ3v) is 3.29. The lowest BCUT2D eigenvalue weighted by molar-refractivity contribution is -0.0525. The van der Waals surface area contributed by atoms with E-state index in [2.05, 4.69) is 9.51 Å². The Bertz CT molecular complexity index is 540. The molecule has 0 aromatic carbocycles. The molecule has 118 valence electrons. The molecule has 4 atom stereocenters. The van der Waals surface area contributed by atoms with Crippen LogP contribution in [0.5, 0.6) is 0 Å². The van der Waals surface area contributed by atoms with E-state index in [1.807, 2.05) is 0 Å². The van der Waals surface area contributed by atoms with Crippen molar-refractivity contribution in [2.45, 2.75) is 24.5 Å². The summed E-state index contributed by atoms with van der Waals surface area (Å²) in [5, 5.41) is 28.3. The maximum absolute atomic E-state index is 11.7. The fourth-order valence-corrected chi connectivity index (χ4v) is 2.19. The molecule has 2 rings (SSSR count). The summed E-state index contributed by atoms with van der Waals surface area (Å²) in [5.74, 6) is -0.0876. The Kier molecular flexibility index (Phi) is 5.19. The highest BCUT2D eigenvalue weighted by Crippen LogP contribution is 2.32. The van der Waals surface area contributed by atoms with Gasteiger partial charge in [-0.25, -0.2) is 4.79 Å². The summed E-state index contributed by atoms with van der Waals surface area (Å²) in [6.07, 6.45) is -3.87. The first-order valence-electron chi connectivity index (χ1n) is 5.75. The molecule has 1 aliphatic heterocycles. The van der Waals surface area contributed by atoms with Crippen molar-refractivity contribution in [2.75, 3.05) is 12.1 Å². The minimum atomic E-state index is -2.62. The van der Waals surface area contributed by atoms with E-state index in [0.29, 0.717) is 0 Å². The van der Waals surface area contributed by atoms with Crippen LogP contribution in [-0.2, 0) is 9.26 Å². The Morgan fingerprint density at radius 1 is 1.43 bits per heavy atom. The Balaban J connectivity index is 2.15. The summed E-state index contributed by atoms with van der Waals surface area (Å²) in [7, 11) is -2.62. The van der Waals surface area contributed by atoms with Crippen molar-refractivity contribution in [3.8, 4) is 0 Å². The number of aromatic nitrogens is 2. The van der Waals surface area contributed by atoms with Gasteiger partial charge in [-0.3, -0.25) is 15.3 Å². The largest absolute Gasteiger partial charge is 0.387 e. The smallest absolute Gasteiger partial charge is 0.351 e. The lowest BCUT2D eigenvalue weighted by atomic mass is 10.1. The summed E-state index contributed by atoms with van der Waals surface area (Å²) < 4.78 is 10.7. The standard InChI is InChI=1S/C9H14N3O8P/c13-6-4(3-19-21(17)18)20-8(7(6)14)12-2-1-5(11-16)10-9(12)15/h1-2,4,6-8,13-14,16-18H,3H2,(H,10,11,15)/t4-,6-,7-,8-/m1/s1. The second-order valence-corrected chi connectivity index (χ2v) is 4.97. The molecule has 11 nitrogen and oxygen atoms in total. The zero-order valence-corrected chi connectivity index (χ0v) is 11.4. The van der Waals surface area contributed by atoms with Crippen molar-refractivity contribution in [3.05, 3.63) is 22.7 Å². The molecule has 1 aromatic heterocycles. The zero-order valence-electron chi connectivity index (χ0n) is 10.5. The highest BCUT2D eigenvalue weighted by atomic mass is 31.2. The van der Waals surface area contributed by atoms with E-state index in [4.69, 9.17) is 19.7 Å². The average Bonchev–Trinajstić information content (AvgIpc) is 2.73. The van der Waals surface area contributed by atoms with E-state index in [-0.39, 0.29) is 12.4 Å². The van der Waals surface area contributed by atoms with Crippen molar-refractivity contribution < 1.29 is 34.5 Å². The number of hydrogen-bond donors (Lipinski definition) is 6. The fourth-order valence-electron chi connectivity index (χ4n) is 1.91. The van der Waals surface area contributed by atoms with Crippen LogP contribution in [0.2, 0.25) is 0 Å². The van der Waals surface area contributed by atoms with Crippen molar-refractivity contribution >= 4 is 14.4 Å². The average molecular weight is 323 g/mol. The number of nitrogens with one attached hydrogen (secondary N) is 1. The fraction of sp³-hybridized carbons (Fsp3) is 0.556. The van der Waals surface area contributed by atoms with Gasteiger partial charge < -0.3 is 29.3 Å². The zero-order chi connectivity index (χ0) is 15.6. The van der Waals surface area contributed by atoms with Crippen LogP contribution in [0.15, 0.2) is 17.1 Å². The Morgan fingerprint density at radius 2 is 2.14 bits per heavy atom. The van der Waals surface area contributed by atoms with E-state index < -0.39 is 38.8 Å². The molecular formula is C9H14N3O8P. The summed E-state index contributed by atoms with van der Waals surface area (Å²) in [6.45, 7) is -0.369. The van der Waals surface area contributed by atoms with Crippen molar-refractivity contribution in [2.24, 2.45) is 0 Å². The van der Waals surface area contributed by atoms with Gasteiger partial charge in [0.2, 0.25) is 0 Å². The van der Waals surface area contributed by atoms with Gasteiger partial charge in [0.05, 0.1) is 6.61 Å². The number of aliphatic hydroxyl groups excluding tert-OH is 2. The first-order chi connectivity index (χ1) is 9.93. The second-order valence-electron chi connectivity index (χ2n) is 4.21. The Labute approximate surface area is 119 Å². The molecule has 21 heavy (non-hydrogen) atoms. The molecule has 0 aliphatic carbocycles. The van der Waals surface area contributed by atoms with Gasteiger partial charge >= 0.3 is 14.3 Å². The molecule has 1 aliphatic rings. The summed E-state index contributed by atoms with van der Waals surface area (Å²) in [6, 6.07) is 1.26. The molecule has 0 spiro atoms. The minimum Gasteiger partial charge on any atom is -0.387 e. The van der Waals surface area contributed by atoms with E-state index >= 15 is 0 Å². The number of aliphatic hydroxyl groups is 2. The van der Waals surface area contributed by atoms with Crippen LogP contribution in [-0.4, -0.2) is 59.7 Å². The molecule has 0 saturated carbocycles. The van der Waals surface area contributed by atoms with Crippen LogP contribution in [0.3, 0.4) is 0 Å². The van der Waals surface area contributed by atoms with Gasteiger partial charge in [0.15, 0.2) is 12.0 Å². The normalized spacial score (nSPS) is 29.0. The van der Waals surface area contributed by atoms with Crippen molar-refractivity contribution in [1.82, 2.24) is 9.55 Å². The number of anilines is 1. The van der Waals surface area contributed by atoms with Crippen LogP contribution in [0.4, 0.5) is 5.82 Å². The topological polar surface area (TPSA) is 167 Å². The molecule has 0 radical (unpaired) electrons. The second kappa shape index (κ2) is 6.73. The Hall–Kier alpha value is -1.17. The third kappa shape index (κ3) is 3.54. The van der Waals surface area contributed by atoms with Gasteiger partial charge in [-0.2, -0.15) is 4.98 Å². The van der Waals surface area contributed by atoms with E-state index in [9.17, 15) is 15.0 Å². The van der Waals surface area contributed by atoms with Gasteiger partial charge in [0, 0.05) is 6.20 Å². The first-order valence-corrected chi connectivity index (χ1v) is 6.92. The van der Waals surface area contributed by atoms with Crippen LogP contribution in [0.1, 0.15) is 6.23 Å². The van der Waals surface area contributed by atoms with Gasteiger partial charge in [0.25, 0.3) is 0 Å². The number of rotatable bonds is 5. The SMILES string of the molecule is O=c1nc(NO)ccn1[C@@H]1O[C@H](COP(O)O)[C@@H](O)[C@H]1O. The molecule has 12 heteroatoms. The maximum atomic E-state index is 11.7. The molecule has 0 amide bonds. The van der Waals surface area contributed by atoms with Gasteiger partial charge in [-0.15, -0.1) is 0 Å². The predicted molar refractivity (Wildman–Crippen MR) is 67.1 cm³/mol. The lowest BCUT2D eigenvalue weighted by Gasteiger charge is -2.17. The van der Waals surface area contributed by atoms with Crippen LogP contribution in [0.25, 0.3) is 0 Å². The van der Waals surface area contributed by atoms with Gasteiger partial charge in [-0.1, -0.05) is 0 Å². The summed E-state index contributed by atoms with van der Waals surface area (Å²) >= 11 is 0. The molecule has 0 unspecified atom stereocenters. The maximum Gasteiger partial charge on any atom is 0.351 e. The van der Waals surface area contributed by atoms with E-state index in [0.717, 1.165) is 4.57 Å². The van der Waals surface area contributed by atoms with E-state index in [1.54, 1.807) is 5.48 Å². The molecule has 1 aromatic rings. The molecule has 6 N–H and O–H groups in total. The number of hydrogen-bond acceptors (Lipinski definition) is 10. The molecule has 2 heterocycles. The molecule has 1 saturated heterocycles. The predicted octanol–water partition coefficient (Wildman–Crippen LogP) is -2.11. The summed E-state index contributed by atoms with van der Waals surface area (Å²) in [4.78, 5) is 32.5. The van der Waals surface area contributed by atoms with Crippen LogP contribution >= 0.6 is 8.60 Å². The number of ether oxygens (including phenoxy) is 1. The van der Waals surface area contributed by atoms with Crippen molar-refractivity contribution in [1.29, 1.82) is 0 Å². The van der Waals surface area contributed by atoms with Gasteiger partial charge in [-0.05, 0) is 6.07 Å². The highest BCUT2D eigenvalue weighted by molar-refractivity contribution is 7.39. The number of nitrogens with zero attached hydrogens (tertiary/aromatic N) is 2. The summed E-state index contributed by atoms with van der Waals surface area (Å²) in [5.41, 5.74) is 0.876. The van der Waals surface area contributed by atoms with Crippen LogP contribution in [0, 0.1) is 0 Å². The van der Waals surface area contributed by atoms with Gasteiger partial charge in [0.1, 0.15) is 18.3 Å². The molecular weight excluding hydrogens is 309 g/mol. The lowest BCUT2D eigenvalue weighted by Crippen LogP contribution is -2.36. The first kappa shape index (κ1) is 16.2. The quantitative estimate of drug-likeness (QED) is 0.261. The monoisotopic (exact) mass is 323 g/mol. The van der Waals surface area contributed by atoms with Crippen molar-refractivity contribution in [3.63, 3.8) is 0 Å². The van der Waals surface area contributed by atoms with E-state index in [1.165, 1.54) is 12.3 Å². The highest BCUT2D eigenvalue weighted by Gasteiger charge is 2.44. The molecule has 0 bridgehead atoms.